The third-order valence-electron chi connectivity index (χ3n) is 4.97. The Bertz CT molecular complexity index is 645. The Labute approximate surface area is 138 Å². The molecule has 130 valence electrons. The average Bonchev–Trinajstić information content (AvgIpc) is 3.02. The minimum Gasteiger partial charge on any atom is -0.379 e. The molecule has 3 rings (SSSR count). The van der Waals surface area contributed by atoms with Gasteiger partial charge in [-0.2, -0.15) is 4.31 Å². The van der Waals surface area contributed by atoms with Crippen molar-refractivity contribution in [3.8, 4) is 0 Å². The van der Waals surface area contributed by atoms with Crippen molar-refractivity contribution in [2.75, 3.05) is 45.1 Å². The van der Waals surface area contributed by atoms with Gasteiger partial charge in [-0.15, -0.1) is 0 Å². The van der Waals surface area contributed by atoms with Crippen LogP contribution < -0.4 is 0 Å². The summed E-state index contributed by atoms with van der Waals surface area (Å²) in [6.07, 6.45) is 4.73. The van der Waals surface area contributed by atoms with Crippen LogP contribution in [0.1, 0.15) is 19.2 Å². The fourth-order valence-corrected chi connectivity index (χ4v) is 4.72. The minimum absolute atomic E-state index is 0.0933. The van der Waals surface area contributed by atoms with Crippen LogP contribution in [-0.2, 0) is 28.4 Å². The van der Waals surface area contributed by atoms with Gasteiger partial charge in [-0.25, -0.2) is 13.4 Å². The molecule has 1 spiro atoms. The van der Waals surface area contributed by atoms with Gasteiger partial charge in [-0.3, -0.25) is 4.90 Å². The van der Waals surface area contributed by atoms with Crippen molar-refractivity contribution in [1.82, 2.24) is 18.8 Å². The summed E-state index contributed by atoms with van der Waals surface area (Å²) in [6, 6.07) is 0. The van der Waals surface area contributed by atoms with E-state index in [4.69, 9.17) is 4.74 Å². The van der Waals surface area contributed by atoms with Gasteiger partial charge in [-0.1, -0.05) is 0 Å². The van der Waals surface area contributed by atoms with Crippen LogP contribution in [0, 0.1) is 5.41 Å². The van der Waals surface area contributed by atoms with Crippen molar-refractivity contribution in [3.63, 3.8) is 0 Å². The van der Waals surface area contributed by atoms with E-state index in [9.17, 15) is 8.42 Å². The molecule has 2 aliphatic rings. The smallest absolute Gasteiger partial charge is 0.213 e. The lowest BCUT2D eigenvalue weighted by atomic mass is 9.88. The number of nitrogens with zero attached hydrogens (tertiary/aromatic N) is 4. The number of hydrogen-bond donors (Lipinski definition) is 0. The molecule has 1 atom stereocenters. The number of hydrogen-bond acceptors (Lipinski definition) is 5. The van der Waals surface area contributed by atoms with Crippen molar-refractivity contribution >= 4 is 10.0 Å². The van der Waals surface area contributed by atoms with Gasteiger partial charge in [0.05, 0.1) is 25.5 Å². The van der Waals surface area contributed by atoms with Crippen LogP contribution in [0.25, 0.3) is 0 Å². The molecule has 0 saturated carbocycles. The molecule has 0 bridgehead atoms. The van der Waals surface area contributed by atoms with E-state index >= 15 is 0 Å². The van der Waals surface area contributed by atoms with Gasteiger partial charge in [0.1, 0.15) is 5.82 Å². The van der Waals surface area contributed by atoms with Crippen molar-refractivity contribution in [2.45, 2.75) is 19.9 Å². The zero-order chi connectivity index (χ0) is 16.5. The fourth-order valence-electron chi connectivity index (χ4n) is 3.53. The van der Waals surface area contributed by atoms with Gasteiger partial charge in [0.25, 0.3) is 0 Å². The predicted molar refractivity (Wildman–Crippen MR) is 87.4 cm³/mol. The van der Waals surface area contributed by atoms with Gasteiger partial charge >= 0.3 is 0 Å². The number of aromatic nitrogens is 2. The van der Waals surface area contributed by atoms with Crippen molar-refractivity contribution < 1.29 is 13.2 Å². The molecular formula is C15H26N4O3S. The quantitative estimate of drug-likeness (QED) is 0.787. The Morgan fingerprint density at radius 3 is 2.87 bits per heavy atom. The lowest BCUT2D eigenvalue weighted by Gasteiger charge is -2.31. The molecule has 2 aliphatic heterocycles. The van der Waals surface area contributed by atoms with Gasteiger partial charge in [-0.05, 0) is 19.9 Å². The van der Waals surface area contributed by atoms with Crippen molar-refractivity contribution in [1.29, 1.82) is 0 Å². The molecular weight excluding hydrogens is 316 g/mol. The maximum Gasteiger partial charge on any atom is 0.213 e. The number of aryl methyl sites for hydroxylation is 1. The van der Waals surface area contributed by atoms with Crippen LogP contribution in [0.15, 0.2) is 12.4 Å². The summed E-state index contributed by atoms with van der Waals surface area (Å²) in [6.45, 7) is 6.48. The first-order valence-electron chi connectivity index (χ1n) is 8.18. The van der Waals surface area contributed by atoms with Crippen LogP contribution >= 0.6 is 0 Å². The Morgan fingerprint density at radius 1 is 1.35 bits per heavy atom. The molecule has 0 amide bonds. The first-order valence-corrected chi connectivity index (χ1v) is 9.79. The van der Waals surface area contributed by atoms with E-state index in [0.29, 0.717) is 26.3 Å². The first-order chi connectivity index (χ1) is 10.9. The van der Waals surface area contributed by atoms with Crippen LogP contribution in [0.4, 0.5) is 0 Å². The van der Waals surface area contributed by atoms with E-state index in [1.807, 2.05) is 24.0 Å². The Hall–Kier alpha value is -0.960. The average molecular weight is 342 g/mol. The fraction of sp³-hybridized carbons (Fsp3) is 0.800. The summed E-state index contributed by atoms with van der Waals surface area (Å²) in [5.41, 5.74) is -0.0933. The van der Waals surface area contributed by atoms with Crippen LogP contribution in [0.5, 0.6) is 0 Å². The summed E-state index contributed by atoms with van der Waals surface area (Å²) < 4.78 is 34.0. The Morgan fingerprint density at radius 2 is 2.17 bits per heavy atom. The molecule has 0 radical (unpaired) electrons. The van der Waals surface area contributed by atoms with E-state index < -0.39 is 10.0 Å². The summed E-state index contributed by atoms with van der Waals surface area (Å²) in [5, 5.41) is 0. The number of likely N-dealkylation sites (tertiary alicyclic amines) is 1. The lowest BCUT2D eigenvalue weighted by Crippen LogP contribution is -2.43. The van der Waals surface area contributed by atoms with Crippen LogP contribution in [-0.4, -0.2) is 72.3 Å². The highest BCUT2D eigenvalue weighted by molar-refractivity contribution is 7.89. The van der Waals surface area contributed by atoms with E-state index in [-0.39, 0.29) is 11.2 Å². The summed E-state index contributed by atoms with van der Waals surface area (Å²) in [5.74, 6) is 1.19. The molecule has 23 heavy (non-hydrogen) atoms. The zero-order valence-corrected chi connectivity index (χ0v) is 14.8. The highest BCUT2D eigenvalue weighted by Crippen LogP contribution is 2.34. The first kappa shape index (κ1) is 16.9. The van der Waals surface area contributed by atoms with Crippen LogP contribution in [0.3, 0.4) is 0 Å². The monoisotopic (exact) mass is 342 g/mol. The van der Waals surface area contributed by atoms with E-state index in [1.54, 1.807) is 11.2 Å². The molecule has 3 heterocycles. The molecule has 0 aliphatic carbocycles. The van der Waals surface area contributed by atoms with Crippen LogP contribution in [0.2, 0.25) is 0 Å². The minimum atomic E-state index is -3.16. The number of ether oxygens (including phenoxy) is 1. The SMILES string of the molecule is CCS(=O)(=O)N1CCOCC2(CCN(Cc3nccn3C)C2)C1. The van der Waals surface area contributed by atoms with Gasteiger partial charge in [0.2, 0.25) is 10.0 Å². The van der Waals surface area contributed by atoms with Crippen molar-refractivity contribution in [2.24, 2.45) is 12.5 Å². The molecule has 1 aromatic rings. The molecule has 2 fully saturated rings. The summed E-state index contributed by atoms with van der Waals surface area (Å²) in [4.78, 5) is 6.74. The second-order valence-electron chi connectivity index (χ2n) is 6.70. The normalized spacial score (nSPS) is 27.6. The van der Waals surface area contributed by atoms with Gasteiger partial charge in [0, 0.05) is 44.5 Å². The molecule has 0 N–H and O–H groups in total. The molecule has 8 heteroatoms. The van der Waals surface area contributed by atoms with Gasteiger partial charge < -0.3 is 9.30 Å². The summed E-state index contributed by atoms with van der Waals surface area (Å²) >= 11 is 0. The molecule has 2 saturated heterocycles. The third-order valence-corrected chi connectivity index (χ3v) is 6.79. The maximum atomic E-state index is 12.3. The lowest BCUT2D eigenvalue weighted by molar-refractivity contribution is 0.0718. The predicted octanol–water partition coefficient (Wildman–Crippen LogP) is 0.294. The number of imidazole rings is 1. The third kappa shape index (κ3) is 3.60. The second-order valence-corrected chi connectivity index (χ2v) is 8.96. The number of rotatable bonds is 4. The van der Waals surface area contributed by atoms with Gasteiger partial charge in [0.15, 0.2) is 0 Å². The molecule has 1 unspecified atom stereocenters. The van der Waals surface area contributed by atoms with E-state index in [0.717, 1.165) is 31.9 Å². The number of sulfonamides is 1. The zero-order valence-electron chi connectivity index (χ0n) is 13.9. The highest BCUT2D eigenvalue weighted by atomic mass is 32.2. The molecule has 7 nitrogen and oxygen atoms in total. The molecule has 1 aromatic heterocycles. The second kappa shape index (κ2) is 6.51. The maximum absolute atomic E-state index is 12.3. The van der Waals surface area contributed by atoms with E-state index in [2.05, 4.69) is 9.88 Å². The molecule has 0 aromatic carbocycles. The summed E-state index contributed by atoms with van der Waals surface area (Å²) in [7, 11) is -1.17. The van der Waals surface area contributed by atoms with Crippen molar-refractivity contribution in [3.05, 3.63) is 18.2 Å². The Kier molecular flexibility index (Phi) is 4.78. The standard InChI is InChI=1S/C15H26N4O3S/c1-3-23(20,21)19-8-9-22-13-15(12-19)4-6-18(11-15)10-14-16-5-7-17(14)2/h5,7H,3-4,6,8-13H2,1-2H3. The largest absolute Gasteiger partial charge is 0.379 e. The topological polar surface area (TPSA) is 67.7 Å². The highest BCUT2D eigenvalue weighted by Gasteiger charge is 2.43. The van der Waals surface area contributed by atoms with E-state index in [1.165, 1.54) is 0 Å². The Balaban J connectivity index is 1.70.